The van der Waals surface area contributed by atoms with Crippen molar-refractivity contribution in [1.82, 2.24) is 9.80 Å². The lowest BCUT2D eigenvalue weighted by molar-refractivity contribution is 0.0317. The second-order valence-electron chi connectivity index (χ2n) is 8.77. The molecule has 2 atom stereocenters. The van der Waals surface area contributed by atoms with Gasteiger partial charge in [0.2, 0.25) is 0 Å². The van der Waals surface area contributed by atoms with Crippen LogP contribution in [0.4, 0.5) is 11.4 Å². The van der Waals surface area contributed by atoms with Gasteiger partial charge in [0.15, 0.2) is 0 Å². The number of nitrogen functional groups attached to an aromatic ring is 1. The van der Waals surface area contributed by atoms with Crippen molar-refractivity contribution in [3.8, 4) is 0 Å². The standard InChI is InChI=1S/C24H32N4O/c1-17-13-27(14-18(2)28(17)16-20-7-8-20)15-19-9-11-21(12-10-19)24(29)26-23-6-4-3-5-22(23)25/h3-6,9-12,17-18,20H,7-8,13-16,25H2,1-2H3,(H,26,29)/t17-,18+. The largest absolute Gasteiger partial charge is 0.397 e. The molecule has 0 unspecified atom stereocenters. The fourth-order valence-corrected chi connectivity index (χ4v) is 4.38. The first-order chi connectivity index (χ1) is 14.0. The van der Waals surface area contributed by atoms with Gasteiger partial charge < -0.3 is 11.1 Å². The first kappa shape index (κ1) is 19.9. The van der Waals surface area contributed by atoms with Crippen LogP contribution in [0.5, 0.6) is 0 Å². The molecule has 1 saturated heterocycles. The molecule has 2 aliphatic rings. The average Bonchev–Trinajstić information content (AvgIpc) is 3.51. The Morgan fingerprint density at radius 1 is 1.03 bits per heavy atom. The van der Waals surface area contributed by atoms with Gasteiger partial charge in [-0.3, -0.25) is 14.6 Å². The van der Waals surface area contributed by atoms with Crippen molar-refractivity contribution < 1.29 is 4.79 Å². The highest BCUT2D eigenvalue weighted by Crippen LogP contribution is 2.32. The van der Waals surface area contributed by atoms with Crippen molar-refractivity contribution in [2.24, 2.45) is 5.92 Å². The quantitative estimate of drug-likeness (QED) is 0.734. The SMILES string of the molecule is C[C@@H]1CN(Cc2ccc(C(=O)Nc3ccccc3N)cc2)C[C@H](C)N1CC1CC1. The Bertz CT molecular complexity index is 834. The first-order valence-electron chi connectivity index (χ1n) is 10.7. The van der Waals surface area contributed by atoms with Crippen LogP contribution in [0.2, 0.25) is 0 Å². The molecule has 0 spiro atoms. The highest BCUT2D eigenvalue weighted by atomic mass is 16.1. The van der Waals surface area contributed by atoms with Crippen molar-refractivity contribution in [1.29, 1.82) is 0 Å². The molecular weight excluding hydrogens is 360 g/mol. The van der Waals surface area contributed by atoms with Crippen molar-refractivity contribution in [2.75, 3.05) is 30.7 Å². The van der Waals surface area contributed by atoms with Crippen LogP contribution in [0.3, 0.4) is 0 Å². The zero-order valence-electron chi connectivity index (χ0n) is 17.5. The Balaban J connectivity index is 1.33. The average molecular weight is 393 g/mol. The summed E-state index contributed by atoms with van der Waals surface area (Å²) in [7, 11) is 0. The lowest BCUT2D eigenvalue weighted by Crippen LogP contribution is -2.56. The summed E-state index contributed by atoms with van der Waals surface area (Å²) in [6.07, 6.45) is 2.83. The third kappa shape index (κ3) is 4.98. The number of nitrogens with zero attached hydrogens (tertiary/aromatic N) is 2. The number of hydrogen-bond acceptors (Lipinski definition) is 4. The molecule has 1 heterocycles. The summed E-state index contributed by atoms with van der Waals surface area (Å²) in [6, 6.07) is 16.4. The predicted molar refractivity (Wildman–Crippen MR) is 119 cm³/mol. The van der Waals surface area contributed by atoms with Crippen LogP contribution < -0.4 is 11.1 Å². The van der Waals surface area contributed by atoms with Crippen molar-refractivity contribution in [2.45, 2.75) is 45.3 Å². The highest BCUT2D eigenvalue weighted by molar-refractivity contribution is 6.05. The number of amides is 1. The van der Waals surface area contributed by atoms with Crippen LogP contribution in [-0.4, -0.2) is 47.4 Å². The molecule has 0 radical (unpaired) electrons. The normalized spacial score (nSPS) is 23.1. The minimum absolute atomic E-state index is 0.134. The van der Waals surface area contributed by atoms with Crippen LogP contribution in [0.1, 0.15) is 42.6 Å². The van der Waals surface area contributed by atoms with E-state index >= 15 is 0 Å². The number of rotatable bonds is 6. The van der Waals surface area contributed by atoms with E-state index in [-0.39, 0.29) is 5.91 Å². The van der Waals surface area contributed by atoms with E-state index in [2.05, 4.69) is 41.1 Å². The smallest absolute Gasteiger partial charge is 0.255 e. The number of nitrogens with two attached hydrogens (primary N) is 1. The van der Waals surface area contributed by atoms with E-state index in [4.69, 9.17) is 5.73 Å². The van der Waals surface area contributed by atoms with E-state index < -0.39 is 0 Å². The summed E-state index contributed by atoms with van der Waals surface area (Å²) >= 11 is 0. The molecule has 2 aromatic carbocycles. The van der Waals surface area contributed by atoms with Gasteiger partial charge in [-0.1, -0.05) is 24.3 Å². The van der Waals surface area contributed by atoms with Crippen molar-refractivity contribution >= 4 is 17.3 Å². The second-order valence-corrected chi connectivity index (χ2v) is 8.77. The fraction of sp³-hybridized carbons (Fsp3) is 0.458. The molecule has 1 amide bonds. The van der Waals surface area contributed by atoms with Crippen LogP contribution in [0.25, 0.3) is 0 Å². The van der Waals surface area contributed by atoms with Gasteiger partial charge in [0.25, 0.3) is 5.91 Å². The number of nitrogens with one attached hydrogen (secondary N) is 1. The molecule has 0 bridgehead atoms. The molecule has 5 heteroatoms. The number of para-hydroxylation sites is 2. The molecule has 2 aromatic rings. The van der Waals surface area contributed by atoms with E-state index in [9.17, 15) is 4.79 Å². The minimum Gasteiger partial charge on any atom is -0.397 e. The molecule has 29 heavy (non-hydrogen) atoms. The number of hydrogen-bond donors (Lipinski definition) is 2. The monoisotopic (exact) mass is 392 g/mol. The molecule has 1 aliphatic heterocycles. The maximum absolute atomic E-state index is 12.5. The maximum atomic E-state index is 12.5. The van der Waals surface area contributed by atoms with Gasteiger partial charge in [0.1, 0.15) is 0 Å². The molecule has 154 valence electrons. The summed E-state index contributed by atoms with van der Waals surface area (Å²) in [4.78, 5) is 17.7. The van der Waals surface area contributed by atoms with Gasteiger partial charge in [0, 0.05) is 43.8 Å². The van der Waals surface area contributed by atoms with Gasteiger partial charge in [-0.25, -0.2) is 0 Å². The number of piperazine rings is 1. The third-order valence-electron chi connectivity index (χ3n) is 6.17. The van der Waals surface area contributed by atoms with E-state index in [0.717, 1.165) is 25.6 Å². The topological polar surface area (TPSA) is 61.6 Å². The van der Waals surface area contributed by atoms with Crippen LogP contribution in [-0.2, 0) is 6.54 Å². The van der Waals surface area contributed by atoms with E-state index in [1.54, 1.807) is 6.07 Å². The van der Waals surface area contributed by atoms with Crippen LogP contribution in [0, 0.1) is 5.92 Å². The molecule has 4 rings (SSSR count). The van der Waals surface area contributed by atoms with E-state index in [1.165, 1.54) is 24.9 Å². The predicted octanol–water partition coefficient (Wildman–Crippen LogP) is 3.83. The molecule has 1 aliphatic carbocycles. The van der Waals surface area contributed by atoms with Gasteiger partial charge >= 0.3 is 0 Å². The van der Waals surface area contributed by atoms with Gasteiger partial charge in [-0.05, 0) is 62.4 Å². The van der Waals surface area contributed by atoms with Gasteiger partial charge in [-0.15, -0.1) is 0 Å². The highest BCUT2D eigenvalue weighted by Gasteiger charge is 2.33. The lowest BCUT2D eigenvalue weighted by atomic mass is 10.1. The Kier molecular flexibility index (Phi) is 5.88. The number of carbonyl (C=O) groups excluding carboxylic acids is 1. The second kappa shape index (κ2) is 8.56. The van der Waals surface area contributed by atoms with Gasteiger partial charge in [0.05, 0.1) is 11.4 Å². The first-order valence-corrected chi connectivity index (χ1v) is 10.7. The number of carbonyl (C=O) groups is 1. The Morgan fingerprint density at radius 3 is 2.31 bits per heavy atom. The van der Waals surface area contributed by atoms with E-state index in [0.29, 0.717) is 29.0 Å². The van der Waals surface area contributed by atoms with Crippen LogP contribution in [0.15, 0.2) is 48.5 Å². The molecular formula is C24H32N4O. The minimum atomic E-state index is -0.134. The Hall–Kier alpha value is -2.37. The van der Waals surface area contributed by atoms with Crippen LogP contribution >= 0.6 is 0 Å². The maximum Gasteiger partial charge on any atom is 0.255 e. The van der Waals surface area contributed by atoms with Gasteiger partial charge in [-0.2, -0.15) is 0 Å². The number of benzene rings is 2. The lowest BCUT2D eigenvalue weighted by Gasteiger charge is -2.44. The molecule has 0 aromatic heterocycles. The summed E-state index contributed by atoms with van der Waals surface area (Å²) in [5.74, 6) is 0.807. The molecule has 3 N–H and O–H groups in total. The van der Waals surface area contributed by atoms with Crippen molar-refractivity contribution in [3.63, 3.8) is 0 Å². The Labute approximate surface area is 173 Å². The zero-order chi connectivity index (χ0) is 20.4. The summed E-state index contributed by atoms with van der Waals surface area (Å²) in [6.45, 7) is 9.12. The fourth-order valence-electron chi connectivity index (χ4n) is 4.38. The zero-order valence-corrected chi connectivity index (χ0v) is 17.5. The summed E-state index contributed by atoms with van der Waals surface area (Å²) < 4.78 is 0. The van der Waals surface area contributed by atoms with E-state index in [1.807, 2.05) is 30.3 Å². The molecule has 2 fully saturated rings. The number of anilines is 2. The third-order valence-corrected chi connectivity index (χ3v) is 6.17. The summed E-state index contributed by atoms with van der Waals surface area (Å²) in [5, 5.41) is 2.88. The molecule has 1 saturated carbocycles. The summed E-state index contributed by atoms with van der Waals surface area (Å²) in [5.41, 5.74) is 9.02. The van der Waals surface area contributed by atoms with Crippen molar-refractivity contribution in [3.05, 3.63) is 59.7 Å². The Morgan fingerprint density at radius 2 is 1.69 bits per heavy atom. The molecule has 5 nitrogen and oxygen atoms in total.